The van der Waals surface area contributed by atoms with Gasteiger partial charge >= 0.3 is 17.9 Å². The highest BCUT2D eigenvalue weighted by Gasteiger charge is 2.19. The molecule has 0 aliphatic carbocycles. The van der Waals surface area contributed by atoms with Crippen molar-refractivity contribution < 1.29 is 28.6 Å². The summed E-state index contributed by atoms with van der Waals surface area (Å²) in [6, 6.07) is 0. The zero-order valence-electron chi connectivity index (χ0n) is 39.0. The van der Waals surface area contributed by atoms with Gasteiger partial charge in [-0.25, -0.2) is 0 Å². The maximum atomic E-state index is 12.8. The van der Waals surface area contributed by atoms with Crippen LogP contribution < -0.4 is 0 Å². The quantitative estimate of drug-likeness (QED) is 0.0263. The predicted molar refractivity (Wildman–Crippen MR) is 252 cm³/mol. The minimum Gasteiger partial charge on any atom is -0.462 e. The smallest absolute Gasteiger partial charge is 0.306 e. The van der Waals surface area contributed by atoms with Crippen molar-refractivity contribution in [2.75, 3.05) is 13.2 Å². The van der Waals surface area contributed by atoms with Gasteiger partial charge in [0.2, 0.25) is 0 Å². The molecule has 0 saturated carbocycles. The number of carbonyl (C=O) groups is 3. The minimum atomic E-state index is -0.786. The Hall–Kier alpha value is -2.63. The fourth-order valence-corrected chi connectivity index (χ4v) is 6.97. The van der Waals surface area contributed by atoms with Crippen molar-refractivity contribution in [2.24, 2.45) is 0 Å². The van der Waals surface area contributed by atoms with Gasteiger partial charge in [0.05, 0.1) is 0 Å². The van der Waals surface area contributed by atoms with Crippen LogP contribution in [0.4, 0.5) is 0 Å². The Balaban J connectivity index is 4.43. The van der Waals surface area contributed by atoms with Gasteiger partial charge in [-0.3, -0.25) is 14.4 Å². The summed E-state index contributed by atoms with van der Waals surface area (Å²) >= 11 is 0. The first-order valence-electron chi connectivity index (χ1n) is 25.1. The highest BCUT2D eigenvalue weighted by atomic mass is 16.6. The van der Waals surface area contributed by atoms with E-state index in [1.165, 1.54) is 141 Å². The minimum absolute atomic E-state index is 0.0849. The van der Waals surface area contributed by atoms with Gasteiger partial charge in [0, 0.05) is 19.3 Å². The normalized spacial score (nSPS) is 12.4. The van der Waals surface area contributed by atoms with Crippen molar-refractivity contribution in [2.45, 2.75) is 258 Å². The summed E-state index contributed by atoms with van der Waals surface area (Å²) < 4.78 is 16.7. The van der Waals surface area contributed by atoms with Gasteiger partial charge < -0.3 is 14.2 Å². The van der Waals surface area contributed by atoms with Crippen molar-refractivity contribution in [1.82, 2.24) is 0 Å². The molecule has 0 unspecified atom stereocenters. The van der Waals surface area contributed by atoms with Crippen LogP contribution in [0.3, 0.4) is 0 Å². The summed E-state index contributed by atoms with van der Waals surface area (Å²) in [7, 11) is 0. The molecule has 0 aromatic heterocycles. The van der Waals surface area contributed by atoms with Gasteiger partial charge in [-0.2, -0.15) is 0 Å². The van der Waals surface area contributed by atoms with Gasteiger partial charge in [-0.15, -0.1) is 0 Å². The molecule has 0 aliphatic rings. The van der Waals surface area contributed by atoms with E-state index in [1.807, 2.05) is 0 Å². The number of rotatable bonds is 45. The molecule has 0 bridgehead atoms. The van der Waals surface area contributed by atoms with E-state index in [-0.39, 0.29) is 31.1 Å². The van der Waals surface area contributed by atoms with Crippen molar-refractivity contribution >= 4 is 17.9 Å². The van der Waals surface area contributed by atoms with Gasteiger partial charge in [-0.05, 0) is 83.5 Å². The lowest BCUT2D eigenvalue weighted by atomic mass is 10.1. The fourth-order valence-electron chi connectivity index (χ4n) is 6.97. The van der Waals surface area contributed by atoms with Gasteiger partial charge in [-0.1, -0.05) is 198 Å². The molecule has 0 aromatic carbocycles. The van der Waals surface area contributed by atoms with Crippen LogP contribution >= 0.6 is 0 Å². The standard InChI is InChI=1S/C53H94O6/c1-4-7-10-13-16-19-22-24-26-28-31-34-37-40-43-46-52(55)58-49-50(48-57-51(54)45-42-39-36-33-30-21-18-15-12-9-6-3)59-53(56)47-44-41-38-35-32-29-27-25-23-20-17-14-11-8-5-2/h16,19-20,23-24,26,31,34,50H,4-15,17-18,21-22,25,27-30,32-33,35-49H2,1-3H3/b19-16-,23-20-,26-24-,34-31-/t50-/m0/s1. The SMILES string of the molecule is CCCCC/C=C\C/C=C\C/C=C\CCCCC(=O)OC[C@H](COC(=O)CCCCCCCCCCCCC)OC(=O)CCCCCCCCC/C=C\CCCCCC. The number of unbranched alkanes of at least 4 members (excludes halogenated alkanes) is 26. The Bertz CT molecular complexity index is 1040. The molecule has 0 amide bonds. The summed E-state index contributed by atoms with van der Waals surface area (Å²) in [4.78, 5) is 37.9. The van der Waals surface area contributed by atoms with E-state index in [0.717, 1.165) is 70.6 Å². The van der Waals surface area contributed by atoms with Gasteiger partial charge in [0.1, 0.15) is 13.2 Å². The number of allylic oxidation sites excluding steroid dienone is 8. The fraction of sp³-hybridized carbons (Fsp3) is 0.792. The Kier molecular flexibility index (Phi) is 45.9. The number of hydrogen-bond donors (Lipinski definition) is 0. The summed E-state index contributed by atoms with van der Waals surface area (Å²) in [5.41, 5.74) is 0. The van der Waals surface area contributed by atoms with Gasteiger partial charge in [0.15, 0.2) is 6.10 Å². The van der Waals surface area contributed by atoms with Crippen LogP contribution in [0.25, 0.3) is 0 Å². The van der Waals surface area contributed by atoms with E-state index >= 15 is 0 Å². The first kappa shape index (κ1) is 56.4. The number of ether oxygens (including phenoxy) is 3. The highest BCUT2D eigenvalue weighted by molar-refractivity contribution is 5.71. The molecule has 0 spiro atoms. The van der Waals surface area contributed by atoms with E-state index in [2.05, 4.69) is 69.4 Å². The Labute approximate surface area is 365 Å². The van der Waals surface area contributed by atoms with E-state index in [0.29, 0.717) is 19.3 Å². The van der Waals surface area contributed by atoms with E-state index in [4.69, 9.17) is 14.2 Å². The molecule has 0 saturated heterocycles. The number of hydrogen-bond acceptors (Lipinski definition) is 6. The maximum Gasteiger partial charge on any atom is 0.306 e. The lowest BCUT2D eigenvalue weighted by molar-refractivity contribution is -0.167. The first-order chi connectivity index (χ1) is 29.0. The molecule has 6 heteroatoms. The van der Waals surface area contributed by atoms with Gasteiger partial charge in [0.25, 0.3) is 0 Å². The molecular formula is C53H94O6. The molecule has 0 radical (unpaired) electrons. The zero-order valence-corrected chi connectivity index (χ0v) is 39.0. The molecule has 1 atom stereocenters. The Morgan fingerprint density at radius 2 is 0.610 bits per heavy atom. The third-order valence-electron chi connectivity index (χ3n) is 10.8. The van der Waals surface area contributed by atoms with Crippen LogP contribution in [0, 0.1) is 0 Å². The summed E-state index contributed by atoms with van der Waals surface area (Å²) in [5.74, 6) is -0.925. The summed E-state index contributed by atoms with van der Waals surface area (Å²) in [5, 5.41) is 0. The molecule has 59 heavy (non-hydrogen) atoms. The molecule has 0 heterocycles. The largest absolute Gasteiger partial charge is 0.462 e. The summed E-state index contributed by atoms with van der Waals surface area (Å²) in [6.45, 7) is 6.56. The molecule has 0 N–H and O–H groups in total. The monoisotopic (exact) mass is 827 g/mol. The van der Waals surface area contributed by atoms with Crippen LogP contribution in [-0.2, 0) is 28.6 Å². The molecular weight excluding hydrogens is 733 g/mol. The molecule has 6 nitrogen and oxygen atoms in total. The van der Waals surface area contributed by atoms with Crippen LogP contribution in [0.1, 0.15) is 252 Å². The molecule has 0 rings (SSSR count). The van der Waals surface area contributed by atoms with Crippen molar-refractivity contribution in [3.05, 3.63) is 48.6 Å². The van der Waals surface area contributed by atoms with Crippen LogP contribution in [0.5, 0.6) is 0 Å². The number of carbonyl (C=O) groups excluding carboxylic acids is 3. The zero-order chi connectivity index (χ0) is 43.0. The summed E-state index contributed by atoms with van der Waals surface area (Å²) in [6.07, 6.45) is 56.6. The number of esters is 3. The second-order valence-electron chi connectivity index (χ2n) is 16.7. The second-order valence-corrected chi connectivity index (χ2v) is 16.7. The van der Waals surface area contributed by atoms with Crippen LogP contribution in [-0.4, -0.2) is 37.2 Å². The molecule has 0 fully saturated rings. The Morgan fingerprint density at radius 3 is 1.05 bits per heavy atom. The Morgan fingerprint density at radius 1 is 0.339 bits per heavy atom. The second kappa shape index (κ2) is 48.0. The van der Waals surface area contributed by atoms with Crippen LogP contribution in [0.15, 0.2) is 48.6 Å². The van der Waals surface area contributed by atoms with Crippen LogP contribution in [0.2, 0.25) is 0 Å². The highest BCUT2D eigenvalue weighted by Crippen LogP contribution is 2.14. The molecule has 0 aliphatic heterocycles. The van der Waals surface area contributed by atoms with E-state index in [9.17, 15) is 14.4 Å². The van der Waals surface area contributed by atoms with E-state index in [1.54, 1.807) is 0 Å². The lowest BCUT2D eigenvalue weighted by Gasteiger charge is -2.18. The maximum absolute atomic E-state index is 12.8. The first-order valence-corrected chi connectivity index (χ1v) is 25.1. The molecule has 342 valence electrons. The molecule has 0 aromatic rings. The average Bonchev–Trinajstić information content (AvgIpc) is 3.23. The topological polar surface area (TPSA) is 78.9 Å². The third-order valence-corrected chi connectivity index (χ3v) is 10.8. The lowest BCUT2D eigenvalue weighted by Crippen LogP contribution is -2.30. The third kappa shape index (κ3) is 46.3. The van der Waals surface area contributed by atoms with Crippen molar-refractivity contribution in [3.63, 3.8) is 0 Å². The van der Waals surface area contributed by atoms with Crippen molar-refractivity contribution in [1.29, 1.82) is 0 Å². The van der Waals surface area contributed by atoms with Crippen molar-refractivity contribution in [3.8, 4) is 0 Å². The van der Waals surface area contributed by atoms with E-state index < -0.39 is 6.10 Å². The average molecular weight is 827 g/mol. The predicted octanol–water partition coefficient (Wildman–Crippen LogP) is 16.3.